The molecular formula is C3H11B4F4NO9S2. The van der Waals surface area contributed by atoms with Crippen LogP contribution in [0.15, 0.2) is 0 Å². The van der Waals surface area contributed by atoms with Crippen molar-refractivity contribution in [2.45, 2.75) is 0 Å². The van der Waals surface area contributed by atoms with Gasteiger partial charge in [0.2, 0.25) is 5.91 Å². The van der Waals surface area contributed by atoms with Gasteiger partial charge >= 0.3 is 29.6 Å². The van der Waals surface area contributed by atoms with E-state index < -0.39 is 29.6 Å². The molecule has 0 atom stereocenters. The molecule has 1 aliphatic heterocycles. The Bertz CT molecular complexity index is 245. The minimum absolute atomic E-state index is 0.0231. The molecule has 0 radical (unpaired) electrons. The van der Waals surface area contributed by atoms with Gasteiger partial charge in [-0.15, -0.1) is 0 Å². The molecule has 10 nitrogen and oxygen atoms in total. The van der Waals surface area contributed by atoms with Crippen molar-refractivity contribution in [1.82, 2.24) is 5.32 Å². The Balaban J connectivity index is -0.000000102. The van der Waals surface area contributed by atoms with Gasteiger partial charge in [0.1, 0.15) is 4.32 Å². The maximum Gasteiger partial charge on any atom is 0.674 e. The predicted molar refractivity (Wildman–Crippen MR) is 78.4 cm³/mol. The number of halogens is 4. The van der Waals surface area contributed by atoms with Gasteiger partial charge < -0.3 is 45.5 Å². The first-order chi connectivity index (χ1) is 10.2. The van der Waals surface area contributed by atoms with Crippen LogP contribution in [-0.2, 0) is 4.79 Å². The Kier molecular flexibility index (Phi) is 28.6. The van der Waals surface area contributed by atoms with Crippen LogP contribution in [0.2, 0.25) is 0 Å². The summed E-state index contributed by atoms with van der Waals surface area (Å²) < 4.78 is 41.0. The molecule has 0 aromatic heterocycles. The maximum absolute atomic E-state index is 10.2. The summed E-state index contributed by atoms with van der Waals surface area (Å²) in [7, 11) is -10.7. The van der Waals surface area contributed by atoms with E-state index in [1.54, 1.807) is 0 Å². The van der Waals surface area contributed by atoms with Gasteiger partial charge in [-0.3, -0.25) is 22.1 Å². The number of hydrogen-bond acceptors (Lipinski definition) is 11. The molecular weight excluding hydrogens is 377 g/mol. The van der Waals surface area contributed by atoms with E-state index in [0.717, 1.165) is 0 Å². The zero-order chi connectivity index (χ0) is 19.6. The Hall–Kier alpha value is -0.430. The van der Waals surface area contributed by atoms with E-state index in [1.165, 1.54) is 11.8 Å². The van der Waals surface area contributed by atoms with E-state index in [2.05, 4.69) is 17.5 Å². The Morgan fingerprint density at radius 1 is 0.826 bits per heavy atom. The standard InChI is InChI=1S/C3H3NOS2.4BFH2O2/c5-2-1-7-3(6)4-2;4*2-1(3)4/h1H2,(H,4,5,6);4*3-4H. The van der Waals surface area contributed by atoms with Crippen molar-refractivity contribution < 1.29 is 62.2 Å². The number of thioether (sulfide) groups is 1. The van der Waals surface area contributed by atoms with E-state index in [4.69, 9.17) is 40.2 Å². The maximum atomic E-state index is 10.2. The highest BCUT2D eigenvalue weighted by atomic mass is 32.2. The van der Waals surface area contributed by atoms with Gasteiger partial charge in [-0.25, -0.2) is 0 Å². The molecule has 0 unspecified atom stereocenters. The van der Waals surface area contributed by atoms with Crippen LogP contribution in [0.1, 0.15) is 0 Å². The molecule has 134 valence electrons. The summed E-state index contributed by atoms with van der Waals surface area (Å²) in [5, 5.41) is 58.0. The molecule has 1 saturated heterocycles. The SMILES string of the molecule is O=C1CSC(=S)N1.OB(O)F.OB(O)F.OB(O)F.OB(O)F. The summed E-state index contributed by atoms with van der Waals surface area (Å²) in [5.74, 6) is 0.522. The lowest BCUT2D eigenvalue weighted by Crippen LogP contribution is -2.18. The van der Waals surface area contributed by atoms with Crippen molar-refractivity contribution in [3.8, 4) is 0 Å². The lowest BCUT2D eigenvalue weighted by Gasteiger charge is -1.81. The van der Waals surface area contributed by atoms with Gasteiger partial charge in [0.25, 0.3) is 0 Å². The van der Waals surface area contributed by atoms with Gasteiger partial charge in [0.15, 0.2) is 0 Å². The molecule has 1 aliphatic rings. The first-order valence-electron chi connectivity index (χ1n) is 4.69. The summed E-state index contributed by atoms with van der Waals surface area (Å²) in [5.41, 5.74) is 0. The van der Waals surface area contributed by atoms with Gasteiger partial charge in [-0.2, -0.15) is 0 Å². The van der Waals surface area contributed by atoms with Gasteiger partial charge in [0.05, 0.1) is 5.75 Å². The number of amides is 1. The Morgan fingerprint density at radius 3 is 1.09 bits per heavy atom. The second-order valence-corrected chi connectivity index (χ2v) is 4.02. The van der Waals surface area contributed by atoms with E-state index in [9.17, 15) is 22.1 Å². The van der Waals surface area contributed by atoms with Gasteiger partial charge in [-0.05, 0) is 0 Å². The largest absolute Gasteiger partial charge is 0.674 e. The first-order valence-corrected chi connectivity index (χ1v) is 6.09. The van der Waals surface area contributed by atoms with Crippen LogP contribution < -0.4 is 5.32 Å². The van der Waals surface area contributed by atoms with Crippen molar-refractivity contribution in [2.24, 2.45) is 0 Å². The lowest BCUT2D eigenvalue weighted by atomic mass is 10.3. The first kappa shape index (κ1) is 30.5. The minimum Gasteiger partial charge on any atom is -0.398 e. The highest BCUT2D eigenvalue weighted by molar-refractivity contribution is 8.24. The predicted octanol–water partition coefficient (Wildman–Crippen LogP) is -4.16. The molecule has 0 aromatic carbocycles. The second kappa shape index (κ2) is 21.6. The fourth-order valence-electron chi connectivity index (χ4n) is 0.317. The third kappa shape index (κ3) is 112. The molecule has 0 aliphatic carbocycles. The molecule has 0 spiro atoms. The second-order valence-electron chi connectivity index (χ2n) is 2.37. The number of rotatable bonds is 0. The summed E-state index contributed by atoms with van der Waals surface area (Å²) in [6.45, 7) is 0. The van der Waals surface area contributed by atoms with Crippen molar-refractivity contribution in [3.05, 3.63) is 0 Å². The normalized spacial score (nSPS) is 10.8. The summed E-state index contributed by atoms with van der Waals surface area (Å²) >= 11 is 6.00. The smallest absolute Gasteiger partial charge is 0.398 e. The highest BCUT2D eigenvalue weighted by Crippen LogP contribution is 2.06. The number of hydrogen-bond donors (Lipinski definition) is 9. The van der Waals surface area contributed by atoms with E-state index in [-0.39, 0.29) is 5.91 Å². The van der Waals surface area contributed by atoms with E-state index >= 15 is 0 Å². The number of thiocarbonyl (C=S) groups is 1. The van der Waals surface area contributed by atoms with Crippen LogP contribution in [0.25, 0.3) is 0 Å². The molecule has 1 amide bonds. The Morgan fingerprint density at radius 2 is 1.04 bits per heavy atom. The average Bonchev–Trinajstić information content (AvgIpc) is 2.58. The zero-order valence-electron chi connectivity index (χ0n) is 10.8. The summed E-state index contributed by atoms with van der Waals surface area (Å²) in [6, 6.07) is 0. The molecule has 1 rings (SSSR count). The molecule has 9 N–H and O–H groups in total. The summed E-state index contributed by atoms with van der Waals surface area (Å²) in [6.07, 6.45) is 0. The molecule has 23 heavy (non-hydrogen) atoms. The topological polar surface area (TPSA) is 191 Å². The van der Waals surface area contributed by atoms with E-state index in [1.807, 2.05) is 0 Å². The van der Waals surface area contributed by atoms with Crippen LogP contribution in [0.5, 0.6) is 0 Å². The van der Waals surface area contributed by atoms with Crippen molar-refractivity contribution in [1.29, 1.82) is 0 Å². The monoisotopic (exact) mass is 389 g/mol. The third-order valence-electron chi connectivity index (χ3n) is 0.576. The van der Waals surface area contributed by atoms with Crippen LogP contribution in [0.4, 0.5) is 17.3 Å². The van der Waals surface area contributed by atoms with Crippen LogP contribution in [-0.4, -0.2) is 85.8 Å². The van der Waals surface area contributed by atoms with Gasteiger partial charge in [-0.1, -0.05) is 24.0 Å². The lowest BCUT2D eigenvalue weighted by molar-refractivity contribution is -0.116. The average molecular weight is 388 g/mol. The van der Waals surface area contributed by atoms with E-state index in [0.29, 0.717) is 10.1 Å². The van der Waals surface area contributed by atoms with Crippen molar-refractivity contribution in [3.63, 3.8) is 0 Å². The molecule has 20 heteroatoms. The highest BCUT2D eigenvalue weighted by Gasteiger charge is 2.13. The fourth-order valence-corrected chi connectivity index (χ4v) is 1.13. The number of carbonyl (C=O) groups is 1. The molecule has 1 heterocycles. The van der Waals surface area contributed by atoms with Crippen molar-refractivity contribution >= 4 is 63.8 Å². The van der Waals surface area contributed by atoms with Crippen LogP contribution in [0, 0.1) is 0 Å². The Labute approximate surface area is 137 Å². The fraction of sp³-hybridized carbons (Fsp3) is 0.333. The third-order valence-corrected chi connectivity index (χ3v) is 1.80. The quantitative estimate of drug-likeness (QED) is 0.111. The van der Waals surface area contributed by atoms with Crippen molar-refractivity contribution in [2.75, 3.05) is 5.75 Å². The zero-order valence-corrected chi connectivity index (χ0v) is 12.5. The molecule has 1 fully saturated rings. The molecule has 0 aromatic rings. The molecule has 0 saturated carbocycles. The van der Waals surface area contributed by atoms with Gasteiger partial charge in [0, 0.05) is 0 Å². The molecule has 0 bridgehead atoms. The summed E-state index contributed by atoms with van der Waals surface area (Å²) in [4.78, 5) is 10.2. The van der Waals surface area contributed by atoms with Crippen LogP contribution >= 0.6 is 24.0 Å². The number of nitrogens with one attached hydrogen (secondary N) is 1. The van der Waals surface area contributed by atoms with Crippen LogP contribution in [0.3, 0.4) is 0 Å². The minimum atomic E-state index is -2.67. The number of carbonyl (C=O) groups excluding carboxylic acids is 1.